The molecule has 1 aromatic rings. The molecule has 0 spiro atoms. The number of amides is 1. The molecule has 13 heavy (non-hydrogen) atoms. The van der Waals surface area contributed by atoms with Crippen LogP contribution in [0.1, 0.15) is 11.5 Å². The Bertz CT molecular complexity index is 306. The van der Waals surface area contributed by atoms with Crippen molar-refractivity contribution >= 4 is 5.91 Å². The van der Waals surface area contributed by atoms with Crippen molar-refractivity contribution in [2.75, 3.05) is 6.61 Å². The van der Waals surface area contributed by atoms with Crippen LogP contribution in [0.25, 0.3) is 0 Å². The van der Waals surface area contributed by atoms with Gasteiger partial charge in [0.15, 0.2) is 0 Å². The van der Waals surface area contributed by atoms with Crippen molar-refractivity contribution in [1.29, 1.82) is 0 Å². The van der Waals surface area contributed by atoms with Gasteiger partial charge in [0.1, 0.15) is 0 Å². The Labute approximate surface area is 76.5 Å². The van der Waals surface area contributed by atoms with Crippen molar-refractivity contribution in [2.45, 2.75) is 12.0 Å². The molecule has 1 saturated heterocycles. The maximum absolute atomic E-state index is 11.1. The third kappa shape index (κ3) is 1.70. The molecule has 1 heterocycles. The van der Waals surface area contributed by atoms with Crippen molar-refractivity contribution in [1.82, 2.24) is 0 Å². The van der Waals surface area contributed by atoms with Gasteiger partial charge in [-0.2, -0.15) is 0 Å². The van der Waals surface area contributed by atoms with E-state index in [-0.39, 0.29) is 17.9 Å². The highest BCUT2D eigenvalue weighted by Gasteiger charge is 2.37. The van der Waals surface area contributed by atoms with Gasteiger partial charge in [-0.25, -0.2) is 0 Å². The van der Waals surface area contributed by atoms with Crippen LogP contribution in [0.15, 0.2) is 30.3 Å². The zero-order chi connectivity index (χ0) is 9.26. The van der Waals surface area contributed by atoms with Gasteiger partial charge in [0, 0.05) is 0 Å². The van der Waals surface area contributed by atoms with Gasteiger partial charge >= 0.3 is 0 Å². The summed E-state index contributed by atoms with van der Waals surface area (Å²) >= 11 is 0. The number of benzene rings is 1. The van der Waals surface area contributed by atoms with Crippen LogP contribution in [-0.4, -0.2) is 18.6 Å². The fourth-order valence-electron chi connectivity index (χ4n) is 1.47. The molecule has 2 unspecified atom stereocenters. The van der Waals surface area contributed by atoms with E-state index < -0.39 is 0 Å². The minimum atomic E-state index is -0.311. The van der Waals surface area contributed by atoms with Crippen LogP contribution in [0.3, 0.4) is 0 Å². The molecule has 1 aromatic carbocycles. The topological polar surface area (TPSA) is 55.6 Å². The number of epoxide rings is 1. The van der Waals surface area contributed by atoms with Gasteiger partial charge in [0.05, 0.1) is 18.6 Å². The number of nitrogens with two attached hydrogens (primary N) is 1. The van der Waals surface area contributed by atoms with Gasteiger partial charge < -0.3 is 10.5 Å². The molecule has 3 nitrogen and oxygen atoms in total. The summed E-state index contributed by atoms with van der Waals surface area (Å²) in [6.07, 6.45) is -0.0000926. The molecule has 2 rings (SSSR count). The Morgan fingerprint density at radius 1 is 1.46 bits per heavy atom. The molecule has 0 radical (unpaired) electrons. The number of hydrogen-bond acceptors (Lipinski definition) is 2. The van der Waals surface area contributed by atoms with Crippen molar-refractivity contribution in [3.63, 3.8) is 0 Å². The molecule has 1 fully saturated rings. The summed E-state index contributed by atoms with van der Waals surface area (Å²) in [7, 11) is 0. The number of carbonyl (C=O) groups excluding carboxylic acids is 1. The minimum Gasteiger partial charge on any atom is -0.372 e. The van der Waals surface area contributed by atoms with E-state index in [0.717, 1.165) is 5.56 Å². The Kier molecular flexibility index (Phi) is 2.02. The number of carbonyl (C=O) groups is 1. The zero-order valence-electron chi connectivity index (χ0n) is 7.14. The highest BCUT2D eigenvalue weighted by atomic mass is 16.6. The van der Waals surface area contributed by atoms with E-state index in [4.69, 9.17) is 10.5 Å². The lowest BCUT2D eigenvalue weighted by atomic mass is 9.95. The quantitative estimate of drug-likeness (QED) is 0.689. The van der Waals surface area contributed by atoms with E-state index in [9.17, 15) is 4.79 Å². The van der Waals surface area contributed by atoms with Gasteiger partial charge in [-0.3, -0.25) is 4.79 Å². The molecule has 3 heteroatoms. The van der Waals surface area contributed by atoms with Gasteiger partial charge in [0.2, 0.25) is 5.91 Å². The van der Waals surface area contributed by atoms with Crippen molar-refractivity contribution in [3.05, 3.63) is 35.9 Å². The first-order valence-corrected chi connectivity index (χ1v) is 4.25. The molecule has 0 aromatic heterocycles. The second-order valence-electron chi connectivity index (χ2n) is 3.16. The van der Waals surface area contributed by atoms with Gasteiger partial charge in [-0.1, -0.05) is 30.3 Å². The second-order valence-corrected chi connectivity index (χ2v) is 3.16. The van der Waals surface area contributed by atoms with E-state index in [1.165, 1.54) is 0 Å². The summed E-state index contributed by atoms with van der Waals surface area (Å²) in [5.74, 6) is -0.588. The van der Waals surface area contributed by atoms with Gasteiger partial charge in [-0.15, -0.1) is 0 Å². The third-order valence-corrected chi connectivity index (χ3v) is 2.20. The Hall–Kier alpha value is -1.35. The molecule has 2 N–H and O–H groups in total. The molecule has 1 aliphatic heterocycles. The highest BCUT2D eigenvalue weighted by molar-refractivity contribution is 5.83. The fourth-order valence-corrected chi connectivity index (χ4v) is 1.47. The second kappa shape index (κ2) is 3.18. The molecule has 2 atom stereocenters. The lowest BCUT2D eigenvalue weighted by molar-refractivity contribution is -0.119. The Morgan fingerprint density at radius 2 is 2.08 bits per heavy atom. The molecule has 0 aliphatic carbocycles. The summed E-state index contributed by atoms with van der Waals surface area (Å²) in [4.78, 5) is 11.1. The summed E-state index contributed by atoms with van der Waals surface area (Å²) in [5, 5.41) is 0. The Morgan fingerprint density at radius 3 is 2.54 bits per heavy atom. The number of rotatable bonds is 3. The molecule has 0 bridgehead atoms. The normalized spacial score (nSPS) is 22.3. The first-order chi connectivity index (χ1) is 6.29. The van der Waals surface area contributed by atoms with E-state index in [2.05, 4.69) is 0 Å². The zero-order valence-corrected chi connectivity index (χ0v) is 7.14. The number of ether oxygens (including phenoxy) is 1. The van der Waals surface area contributed by atoms with Crippen LogP contribution in [0.4, 0.5) is 0 Å². The SMILES string of the molecule is NC(=O)C(c1ccccc1)C1CO1. The molecule has 1 aliphatic rings. The van der Waals surface area contributed by atoms with E-state index in [1.807, 2.05) is 30.3 Å². The van der Waals surface area contributed by atoms with Crippen molar-refractivity contribution in [2.24, 2.45) is 5.73 Å². The summed E-state index contributed by atoms with van der Waals surface area (Å²) in [5.41, 5.74) is 6.23. The van der Waals surface area contributed by atoms with Crippen LogP contribution in [0.2, 0.25) is 0 Å². The van der Waals surface area contributed by atoms with Crippen LogP contribution in [0.5, 0.6) is 0 Å². The van der Waals surface area contributed by atoms with E-state index in [1.54, 1.807) is 0 Å². The molecular weight excluding hydrogens is 166 g/mol. The monoisotopic (exact) mass is 177 g/mol. The van der Waals surface area contributed by atoms with Gasteiger partial charge in [-0.05, 0) is 5.56 Å². The number of hydrogen-bond donors (Lipinski definition) is 1. The highest BCUT2D eigenvalue weighted by Crippen LogP contribution is 2.29. The predicted molar refractivity (Wildman–Crippen MR) is 48.1 cm³/mol. The molecule has 0 saturated carbocycles. The fraction of sp³-hybridized carbons (Fsp3) is 0.300. The predicted octanol–water partition coefficient (Wildman–Crippen LogP) is 0.654. The minimum absolute atomic E-state index is 0.0000926. The van der Waals surface area contributed by atoms with E-state index in [0.29, 0.717) is 6.61 Å². The average Bonchev–Trinajstić information content (AvgIpc) is 2.90. The molecule has 68 valence electrons. The summed E-state index contributed by atoms with van der Waals surface area (Å²) in [6, 6.07) is 9.50. The third-order valence-electron chi connectivity index (χ3n) is 2.20. The first-order valence-electron chi connectivity index (χ1n) is 4.25. The number of primary amides is 1. The van der Waals surface area contributed by atoms with Gasteiger partial charge in [0.25, 0.3) is 0 Å². The summed E-state index contributed by atoms with van der Waals surface area (Å²) in [6.45, 7) is 0.641. The van der Waals surface area contributed by atoms with Crippen LogP contribution >= 0.6 is 0 Å². The van der Waals surface area contributed by atoms with Crippen molar-refractivity contribution < 1.29 is 9.53 Å². The average molecular weight is 177 g/mol. The maximum Gasteiger partial charge on any atom is 0.227 e. The van der Waals surface area contributed by atoms with Crippen LogP contribution < -0.4 is 5.73 Å². The van der Waals surface area contributed by atoms with Crippen molar-refractivity contribution in [3.8, 4) is 0 Å². The largest absolute Gasteiger partial charge is 0.372 e. The first kappa shape index (κ1) is 8.26. The lowest BCUT2D eigenvalue weighted by Gasteiger charge is -2.09. The van der Waals surface area contributed by atoms with Crippen LogP contribution in [0, 0.1) is 0 Å². The van der Waals surface area contributed by atoms with E-state index >= 15 is 0 Å². The maximum atomic E-state index is 11.1. The molecular formula is C10H11NO2. The smallest absolute Gasteiger partial charge is 0.227 e. The van der Waals surface area contributed by atoms with Crippen LogP contribution in [-0.2, 0) is 9.53 Å². The Balaban J connectivity index is 2.25. The molecule has 1 amide bonds. The summed E-state index contributed by atoms with van der Waals surface area (Å²) < 4.78 is 5.09. The standard InChI is InChI=1S/C10H11NO2/c11-10(12)9(8-6-13-8)7-4-2-1-3-5-7/h1-5,8-9H,6H2,(H2,11,12). The lowest BCUT2D eigenvalue weighted by Crippen LogP contribution is -2.25.